The van der Waals surface area contributed by atoms with Crippen LogP contribution in [0, 0.1) is 6.92 Å². The number of aromatic nitrogens is 1. The van der Waals surface area contributed by atoms with Gasteiger partial charge in [-0.3, -0.25) is 9.59 Å². The molecule has 6 nitrogen and oxygen atoms in total. The Morgan fingerprint density at radius 1 is 1.33 bits per heavy atom. The summed E-state index contributed by atoms with van der Waals surface area (Å²) in [5.41, 5.74) is 1.00. The van der Waals surface area contributed by atoms with Crippen molar-refractivity contribution in [3.8, 4) is 0 Å². The van der Waals surface area contributed by atoms with Gasteiger partial charge >= 0.3 is 5.97 Å². The summed E-state index contributed by atoms with van der Waals surface area (Å²) in [6, 6.07) is 6.83. The minimum Gasteiger partial charge on any atom is -0.481 e. The third-order valence-corrected chi connectivity index (χ3v) is 3.49. The number of carbonyl (C=O) groups is 1. The van der Waals surface area contributed by atoms with Gasteiger partial charge < -0.3 is 19.9 Å². The van der Waals surface area contributed by atoms with Crippen molar-refractivity contribution in [3.63, 3.8) is 0 Å². The number of hydrogen-bond donors (Lipinski definition) is 3. The average molecular weight is 291 g/mol. The van der Waals surface area contributed by atoms with Crippen molar-refractivity contribution in [1.82, 2.24) is 4.57 Å². The molecule has 3 N–H and O–H groups in total. The van der Waals surface area contributed by atoms with Gasteiger partial charge in [0.2, 0.25) is 0 Å². The lowest BCUT2D eigenvalue weighted by atomic mass is 10.0. The third-order valence-electron chi connectivity index (χ3n) is 3.49. The fourth-order valence-corrected chi connectivity index (χ4v) is 2.43. The van der Waals surface area contributed by atoms with Gasteiger partial charge in [-0.1, -0.05) is 12.1 Å². The lowest BCUT2D eigenvalue weighted by molar-refractivity contribution is -0.136. The molecule has 0 saturated carbocycles. The number of aliphatic carboxylic acids is 1. The summed E-state index contributed by atoms with van der Waals surface area (Å²) in [5.74, 6) is -1.08. The predicted octanol–water partition coefficient (Wildman–Crippen LogP) is 0.290. The number of benzene rings is 1. The van der Waals surface area contributed by atoms with Gasteiger partial charge in [0.1, 0.15) is 0 Å². The van der Waals surface area contributed by atoms with Gasteiger partial charge in [-0.05, 0) is 19.1 Å². The summed E-state index contributed by atoms with van der Waals surface area (Å²) < 4.78 is 1.68. The minimum absolute atomic E-state index is 0.0930. The minimum atomic E-state index is -1.08. The molecule has 1 aromatic carbocycles. The molecule has 0 spiro atoms. The fraction of sp³-hybridized carbons (Fsp3) is 0.333. The SMILES string of the molecule is Cc1c(CC(=O)O)c(=O)c2ccccc2n1CC(O)CO. The number of fused-ring (bicyclic) bond motifs is 1. The molecular formula is C15H17NO5. The summed E-state index contributed by atoms with van der Waals surface area (Å²) in [6.45, 7) is 1.33. The highest BCUT2D eigenvalue weighted by Crippen LogP contribution is 2.17. The van der Waals surface area contributed by atoms with Crippen molar-refractivity contribution in [1.29, 1.82) is 0 Å². The van der Waals surface area contributed by atoms with Gasteiger partial charge in [-0.15, -0.1) is 0 Å². The van der Waals surface area contributed by atoms with Crippen molar-refractivity contribution < 1.29 is 20.1 Å². The molecule has 0 saturated heterocycles. The van der Waals surface area contributed by atoms with Crippen LogP contribution in [-0.2, 0) is 17.8 Å². The van der Waals surface area contributed by atoms with E-state index in [1.54, 1.807) is 35.8 Å². The molecule has 1 aromatic heterocycles. The summed E-state index contributed by atoms with van der Waals surface area (Å²) in [4.78, 5) is 23.4. The van der Waals surface area contributed by atoms with Crippen LogP contribution in [0.4, 0.5) is 0 Å². The average Bonchev–Trinajstić information content (AvgIpc) is 2.47. The first-order valence-electron chi connectivity index (χ1n) is 6.57. The van der Waals surface area contributed by atoms with Crippen molar-refractivity contribution in [2.45, 2.75) is 26.0 Å². The summed E-state index contributed by atoms with van der Waals surface area (Å²) in [7, 11) is 0. The Morgan fingerprint density at radius 3 is 2.62 bits per heavy atom. The Kier molecular flexibility index (Phi) is 4.40. The fourth-order valence-electron chi connectivity index (χ4n) is 2.43. The van der Waals surface area contributed by atoms with E-state index < -0.39 is 18.7 Å². The molecule has 0 amide bonds. The van der Waals surface area contributed by atoms with Crippen molar-refractivity contribution in [2.75, 3.05) is 6.61 Å². The molecule has 0 aliphatic heterocycles. The van der Waals surface area contributed by atoms with Crippen LogP contribution in [-0.4, -0.2) is 38.6 Å². The van der Waals surface area contributed by atoms with Crippen LogP contribution in [0.3, 0.4) is 0 Å². The molecule has 0 bridgehead atoms. The quantitative estimate of drug-likeness (QED) is 0.735. The Labute approximate surface area is 120 Å². The standard InChI is InChI=1S/C15H17NO5/c1-9-12(6-14(19)20)15(21)11-4-2-3-5-13(11)16(9)7-10(18)8-17/h2-5,10,17-18H,6-8H2,1H3,(H,19,20). The number of rotatable bonds is 5. The maximum Gasteiger partial charge on any atom is 0.308 e. The smallest absolute Gasteiger partial charge is 0.308 e. The van der Waals surface area contributed by atoms with E-state index in [1.165, 1.54) is 0 Å². The van der Waals surface area contributed by atoms with Gasteiger partial charge in [0, 0.05) is 16.6 Å². The lowest BCUT2D eigenvalue weighted by Crippen LogP contribution is -2.26. The van der Waals surface area contributed by atoms with E-state index in [4.69, 9.17) is 10.2 Å². The molecule has 6 heteroatoms. The van der Waals surface area contributed by atoms with Crippen LogP contribution >= 0.6 is 0 Å². The molecule has 21 heavy (non-hydrogen) atoms. The van der Waals surface area contributed by atoms with Crippen molar-refractivity contribution in [2.24, 2.45) is 0 Å². The Bertz CT molecular complexity index is 735. The lowest BCUT2D eigenvalue weighted by Gasteiger charge is -2.19. The monoisotopic (exact) mass is 291 g/mol. The van der Waals surface area contributed by atoms with Crippen molar-refractivity contribution >= 4 is 16.9 Å². The number of carboxylic acids is 1. The van der Waals surface area contributed by atoms with E-state index in [1.807, 2.05) is 0 Å². The number of aliphatic hydroxyl groups is 2. The van der Waals surface area contributed by atoms with Crippen LogP contribution in [0.25, 0.3) is 10.9 Å². The molecule has 0 aliphatic carbocycles. The van der Waals surface area contributed by atoms with Crippen molar-refractivity contribution in [3.05, 3.63) is 45.7 Å². The second kappa shape index (κ2) is 6.07. The molecule has 112 valence electrons. The number of hydrogen-bond acceptors (Lipinski definition) is 4. The number of pyridine rings is 1. The highest BCUT2D eigenvalue weighted by atomic mass is 16.4. The van der Waals surface area contributed by atoms with E-state index in [0.29, 0.717) is 16.6 Å². The van der Waals surface area contributed by atoms with Crippen LogP contribution in [0.15, 0.2) is 29.1 Å². The topological polar surface area (TPSA) is 99.8 Å². The Morgan fingerprint density at radius 2 is 2.00 bits per heavy atom. The maximum absolute atomic E-state index is 12.4. The summed E-state index contributed by atoms with van der Waals surface area (Å²) in [6.07, 6.45) is -1.35. The molecule has 2 rings (SSSR count). The molecule has 1 atom stereocenters. The van der Waals surface area contributed by atoms with Crippen LogP contribution in [0.1, 0.15) is 11.3 Å². The van der Waals surface area contributed by atoms with E-state index in [2.05, 4.69) is 0 Å². The van der Waals surface area contributed by atoms with E-state index in [9.17, 15) is 14.7 Å². The molecule has 0 fully saturated rings. The number of nitrogens with zero attached hydrogens (tertiary/aromatic N) is 1. The van der Waals surface area contributed by atoms with Crippen LogP contribution in [0.2, 0.25) is 0 Å². The zero-order valence-electron chi connectivity index (χ0n) is 11.6. The molecule has 1 unspecified atom stereocenters. The van der Waals surface area contributed by atoms with Gasteiger partial charge in [0.25, 0.3) is 0 Å². The summed E-state index contributed by atoms with van der Waals surface area (Å²) >= 11 is 0. The second-order valence-corrected chi connectivity index (χ2v) is 4.93. The van der Waals surface area contributed by atoms with E-state index in [0.717, 1.165) is 0 Å². The third kappa shape index (κ3) is 2.96. The molecule has 2 aromatic rings. The molecule has 1 heterocycles. The molecule has 0 radical (unpaired) electrons. The Hall–Kier alpha value is -2.18. The first-order chi connectivity index (χ1) is 9.95. The van der Waals surface area contributed by atoms with Gasteiger partial charge in [-0.2, -0.15) is 0 Å². The summed E-state index contributed by atoms with van der Waals surface area (Å²) in [5, 5.41) is 28.1. The number of carboxylic acid groups (broad SMARTS) is 1. The molecule has 0 aliphatic rings. The van der Waals surface area contributed by atoms with Gasteiger partial charge in [-0.25, -0.2) is 0 Å². The predicted molar refractivity (Wildman–Crippen MR) is 77.4 cm³/mol. The zero-order chi connectivity index (χ0) is 15.6. The second-order valence-electron chi connectivity index (χ2n) is 4.93. The zero-order valence-corrected chi connectivity index (χ0v) is 11.6. The Balaban J connectivity index is 2.75. The van der Waals surface area contributed by atoms with E-state index >= 15 is 0 Å². The van der Waals surface area contributed by atoms with Crippen LogP contribution in [0.5, 0.6) is 0 Å². The first kappa shape index (κ1) is 15.2. The molecular weight excluding hydrogens is 274 g/mol. The van der Waals surface area contributed by atoms with Gasteiger partial charge in [0.15, 0.2) is 5.43 Å². The first-order valence-corrected chi connectivity index (χ1v) is 6.57. The van der Waals surface area contributed by atoms with Gasteiger partial charge in [0.05, 0.1) is 31.2 Å². The normalized spacial score (nSPS) is 12.5. The number of aliphatic hydroxyl groups excluding tert-OH is 2. The highest BCUT2D eigenvalue weighted by Gasteiger charge is 2.17. The highest BCUT2D eigenvalue weighted by molar-refractivity contribution is 5.82. The maximum atomic E-state index is 12.4. The largest absolute Gasteiger partial charge is 0.481 e. The van der Waals surface area contributed by atoms with Crippen LogP contribution < -0.4 is 5.43 Å². The number of para-hydroxylation sites is 1. The van der Waals surface area contributed by atoms with E-state index in [-0.39, 0.29) is 24.0 Å².